The topological polar surface area (TPSA) is 67.4 Å². The zero-order chi connectivity index (χ0) is 19.2. The van der Waals surface area contributed by atoms with Crippen molar-refractivity contribution in [3.8, 4) is 11.6 Å². The minimum Gasteiger partial charge on any atom is -0.438 e. The molecule has 0 aliphatic carbocycles. The summed E-state index contributed by atoms with van der Waals surface area (Å²) in [5, 5.41) is 2.88. The van der Waals surface area contributed by atoms with Gasteiger partial charge in [0.2, 0.25) is 5.88 Å². The largest absolute Gasteiger partial charge is 0.438 e. The van der Waals surface area contributed by atoms with Crippen molar-refractivity contribution in [1.82, 2.24) is 15.3 Å². The Bertz CT molecular complexity index is 912. The highest BCUT2D eigenvalue weighted by molar-refractivity contribution is 9.10. The van der Waals surface area contributed by atoms with Gasteiger partial charge in [0.1, 0.15) is 17.1 Å². The van der Waals surface area contributed by atoms with Crippen LogP contribution in [0.4, 0.5) is 5.82 Å². The van der Waals surface area contributed by atoms with Gasteiger partial charge >= 0.3 is 0 Å². The van der Waals surface area contributed by atoms with Crippen LogP contribution in [0, 0.1) is 0 Å². The summed E-state index contributed by atoms with van der Waals surface area (Å²) in [5.41, 5.74) is 1.28. The predicted octanol–water partition coefficient (Wildman–Crippen LogP) is 4.03. The van der Waals surface area contributed by atoms with Crippen molar-refractivity contribution in [3.63, 3.8) is 0 Å². The van der Waals surface area contributed by atoms with Crippen LogP contribution in [0.2, 0.25) is 0 Å². The summed E-state index contributed by atoms with van der Waals surface area (Å²) in [6, 6.07) is 14.6. The lowest BCUT2D eigenvalue weighted by atomic mass is 10.2. The highest BCUT2D eigenvalue weighted by atomic mass is 79.9. The van der Waals surface area contributed by atoms with E-state index < -0.39 is 0 Å². The Labute approximate surface area is 166 Å². The zero-order valence-corrected chi connectivity index (χ0v) is 16.6. The number of nitrogens with one attached hydrogen (secondary N) is 1. The molecule has 138 valence electrons. The Hall–Kier alpha value is -2.93. The summed E-state index contributed by atoms with van der Waals surface area (Å²) in [6.45, 7) is 0.367. The molecule has 0 fully saturated rings. The molecule has 1 N–H and O–H groups in total. The Balaban J connectivity index is 1.68. The van der Waals surface area contributed by atoms with Crippen LogP contribution in [-0.4, -0.2) is 30.0 Å². The smallest absolute Gasteiger partial charge is 0.257 e. The first-order valence-electron chi connectivity index (χ1n) is 8.32. The molecule has 7 heteroatoms. The highest BCUT2D eigenvalue weighted by Crippen LogP contribution is 2.24. The maximum absolute atomic E-state index is 12.6. The Kier molecular flexibility index (Phi) is 6.03. The number of benzene rings is 1. The molecule has 2 aromatic heterocycles. The maximum Gasteiger partial charge on any atom is 0.257 e. The van der Waals surface area contributed by atoms with Crippen LogP contribution in [0.15, 0.2) is 65.4 Å². The van der Waals surface area contributed by atoms with E-state index in [1.54, 1.807) is 36.7 Å². The minimum absolute atomic E-state index is 0.258. The van der Waals surface area contributed by atoms with E-state index in [2.05, 4.69) is 31.2 Å². The van der Waals surface area contributed by atoms with Crippen LogP contribution in [0.1, 0.15) is 15.9 Å². The fourth-order valence-corrected chi connectivity index (χ4v) is 2.59. The standard InChI is InChI=1S/C20H19BrN4O2/c1-25(2)18-10-5-14(12-23-18)13-24-19(26)17-4-3-11-22-20(17)27-16-8-6-15(21)7-9-16/h3-12H,13H2,1-2H3,(H,24,26). The van der Waals surface area contributed by atoms with E-state index in [1.165, 1.54) is 0 Å². The molecule has 0 bridgehead atoms. The van der Waals surface area contributed by atoms with Gasteiger partial charge in [0.25, 0.3) is 5.91 Å². The fraction of sp³-hybridized carbons (Fsp3) is 0.150. The Morgan fingerprint density at radius 1 is 1.11 bits per heavy atom. The van der Waals surface area contributed by atoms with Crippen molar-refractivity contribution in [2.24, 2.45) is 0 Å². The molecule has 1 amide bonds. The van der Waals surface area contributed by atoms with Gasteiger partial charge in [-0.1, -0.05) is 22.0 Å². The lowest BCUT2D eigenvalue weighted by Crippen LogP contribution is -2.23. The SMILES string of the molecule is CN(C)c1ccc(CNC(=O)c2cccnc2Oc2ccc(Br)cc2)cn1. The second kappa shape index (κ2) is 8.64. The molecule has 2 heterocycles. The molecule has 27 heavy (non-hydrogen) atoms. The lowest BCUT2D eigenvalue weighted by molar-refractivity contribution is 0.0948. The molecule has 3 aromatic rings. The van der Waals surface area contributed by atoms with Gasteiger partial charge in [0.15, 0.2) is 0 Å². The molecule has 0 spiro atoms. The second-order valence-electron chi connectivity index (χ2n) is 6.01. The van der Waals surface area contributed by atoms with Crippen molar-refractivity contribution in [2.45, 2.75) is 6.54 Å². The Morgan fingerprint density at radius 3 is 2.56 bits per heavy atom. The number of carbonyl (C=O) groups excluding carboxylic acids is 1. The molecule has 0 saturated heterocycles. The van der Waals surface area contributed by atoms with E-state index in [0.717, 1.165) is 15.9 Å². The first-order chi connectivity index (χ1) is 13.0. The van der Waals surface area contributed by atoms with Gasteiger partial charge in [-0.05, 0) is 48.0 Å². The zero-order valence-electron chi connectivity index (χ0n) is 15.0. The summed E-state index contributed by atoms with van der Waals surface area (Å²) in [6.07, 6.45) is 3.34. The Morgan fingerprint density at radius 2 is 1.89 bits per heavy atom. The third-order valence-corrected chi connectivity index (χ3v) is 4.29. The maximum atomic E-state index is 12.6. The van der Waals surface area contributed by atoms with E-state index >= 15 is 0 Å². The molecule has 0 radical (unpaired) electrons. The van der Waals surface area contributed by atoms with E-state index in [0.29, 0.717) is 17.9 Å². The monoisotopic (exact) mass is 426 g/mol. The first-order valence-corrected chi connectivity index (χ1v) is 9.11. The van der Waals surface area contributed by atoms with Gasteiger partial charge < -0.3 is 15.0 Å². The number of rotatable bonds is 6. The number of pyridine rings is 2. The van der Waals surface area contributed by atoms with Crippen LogP contribution < -0.4 is 15.0 Å². The van der Waals surface area contributed by atoms with Crippen LogP contribution in [-0.2, 0) is 6.54 Å². The molecule has 1 aromatic carbocycles. The number of ether oxygens (including phenoxy) is 1. The average molecular weight is 427 g/mol. The van der Waals surface area contributed by atoms with E-state index in [1.807, 2.05) is 43.3 Å². The second-order valence-corrected chi connectivity index (χ2v) is 6.93. The molecule has 0 aliphatic heterocycles. The molecule has 6 nitrogen and oxygen atoms in total. The summed E-state index contributed by atoms with van der Waals surface area (Å²) >= 11 is 3.38. The van der Waals surface area contributed by atoms with E-state index in [9.17, 15) is 4.79 Å². The molecule has 3 rings (SSSR count). The highest BCUT2D eigenvalue weighted by Gasteiger charge is 2.14. The molecular formula is C20H19BrN4O2. The predicted molar refractivity (Wildman–Crippen MR) is 108 cm³/mol. The number of hydrogen-bond donors (Lipinski definition) is 1. The third kappa shape index (κ3) is 5.04. The van der Waals surface area contributed by atoms with Crippen molar-refractivity contribution >= 4 is 27.7 Å². The van der Waals surface area contributed by atoms with Gasteiger partial charge in [0, 0.05) is 37.5 Å². The average Bonchev–Trinajstić information content (AvgIpc) is 2.68. The van der Waals surface area contributed by atoms with Crippen molar-refractivity contribution in [3.05, 3.63) is 76.5 Å². The third-order valence-electron chi connectivity index (χ3n) is 3.76. The van der Waals surface area contributed by atoms with Crippen molar-refractivity contribution < 1.29 is 9.53 Å². The van der Waals surface area contributed by atoms with Gasteiger partial charge in [-0.3, -0.25) is 4.79 Å². The van der Waals surface area contributed by atoms with E-state index in [-0.39, 0.29) is 11.8 Å². The van der Waals surface area contributed by atoms with Gasteiger partial charge in [0.05, 0.1) is 0 Å². The minimum atomic E-state index is -0.258. The molecular weight excluding hydrogens is 408 g/mol. The van der Waals surface area contributed by atoms with Gasteiger partial charge in [-0.25, -0.2) is 9.97 Å². The summed E-state index contributed by atoms with van der Waals surface area (Å²) in [5.74, 6) is 1.47. The van der Waals surface area contributed by atoms with Gasteiger partial charge in [-0.2, -0.15) is 0 Å². The first kappa shape index (κ1) is 18.8. The van der Waals surface area contributed by atoms with Crippen molar-refractivity contribution in [1.29, 1.82) is 0 Å². The number of hydrogen-bond acceptors (Lipinski definition) is 5. The number of amides is 1. The van der Waals surface area contributed by atoms with Crippen molar-refractivity contribution in [2.75, 3.05) is 19.0 Å². The van der Waals surface area contributed by atoms with Crippen LogP contribution in [0.3, 0.4) is 0 Å². The normalized spacial score (nSPS) is 10.3. The van der Waals surface area contributed by atoms with Crippen LogP contribution in [0.5, 0.6) is 11.6 Å². The number of carbonyl (C=O) groups is 1. The molecule has 0 unspecified atom stereocenters. The summed E-state index contributed by atoms with van der Waals surface area (Å²) < 4.78 is 6.72. The molecule has 0 atom stereocenters. The number of halogens is 1. The lowest BCUT2D eigenvalue weighted by Gasteiger charge is -2.12. The van der Waals surface area contributed by atoms with Crippen LogP contribution >= 0.6 is 15.9 Å². The van der Waals surface area contributed by atoms with E-state index in [4.69, 9.17) is 4.74 Å². The number of aromatic nitrogens is 2. The summed E-state index contributed by atoms with van der Waals surface area (Å²) in [7, 11) is 3.86. The number of anilines is 1. The van der Waals surface area contributed by atoms with Crippen LogP contribution in [0.25, 0.3) is 0 Å². The molecule has 0 aliphatic rings. The summed E-state index contributed by atoms with van der Waals surface area (Å²) in [4.78, 5) is 23.0. The number of nitrogens with zero attached hydrogens (tertiary/aromatic N) is 3. The quantitative estimate of drug-likeness (QED) is 0.644. The molecule has 0 saturated carbocycles. The fourth-order valence-electron chi connectivity index (χ4n) is 2.32. The van der Waals surface area contributed by atoms with Gasteiger partial charge in [-0.15, -0.1) is 0 Å².